The molecular formula is C14H24N2O. The largest absolute Gasteiger partial charge is 0.338 e. The summed E-state index contributed by atoms with van der Waals surface area (Å²) in [6, 6.07) is 0. The van der Waals surface area contributed by atoms with Crippen molar-refractivity contribution in [2.45, 2.75) is 39.5 Å². The Morgan fingerprint density at radius 3 is 2.76 bits per heavy atom. The fourth-order valence-electron chi connectivity index (χ4n) is 3.04. The van der Waals surface area contributed by atoms with Crippen LogP contribution in [-0.2, 0) is 4.79 Å². The summed E-state index contributed by atoms with van der Waals surface area (Å²) < 4.78 is 0. The first-order valence-corrected chi connectivity index (χ1v) is 6.84. The van der Waals surface area contributed by atoms with E-state index in [1.54, 1.807) is 0 Å². The summed E-state index contributed by atoms with van der Waals surface area (Å²) in [6.07, 6.45) is 6.26. The molecule has 0 aromatic heterocycles. The van der Waals surface area contributed by atoms with E-state index in [0.717, 1.165) is 51.9 Å². The number of nitrogens with zero attached hydrogens (tertiary/aromatic N) is 1. The maximum absolute atomic E-state index is 12.7. The van der Waals surface area contributed by atoms with E-state index in [1.807, 2.05) is 0 Å². The lowest BCUT2D eigenvalue weighted by molar-refractivity contribution is -0.144. The van der Waals surface area contributed by atoms with Crippen LogP contribution in [0.4, 0.5) is 0 Å². The summed E-state index contributed by atoms with van der Waals surface area (Å²) in [5, 5.41) is 3.36. The van der Waals surface area contributed by atoms with Gasteiger partial charge in [-0.15, -0.1) is 0 Å². The van der Waals surface area contributed by atoms with Crippen molar-refractivity contribution in [1.29, 1.82) is 0 Å². The van der Waals surface area contributed by atoms with Gasteiger partial charge in [0.25, 0.3) is 0 Å². The van der Waals surface area contributed by atoms with Gasteiger partial charge >= 0.3 is 0 Å². The molecule has 0 aliphatic carbocycles. The highest BCUT2D eigenvalue weighted by molar-refractivity contribution is 5.83. The van der Waals surface area contributed by atoms with Gasteiger partial charge in [0.05, 0.1) is 5.41 Å². The minimum Gasteiger partial charge on any atom is -0.338 e. The van der Waals surface area contributed by atoms with Crippen molar-refractivity contribution in [2.24, 2.45) is 5.41 Å². The van der Waals surface area contributed by atoms with Crippen LogP contribution in [0.5, 0.6) is 0 Å². The molecule has 0 unspecified atom stereocenters. The second-order valence-corrected chi connectivity index (χ2v) is 5.45. The third kappa shape index (κ3) is 2.54. The molecular weight excluding hydrogens is 212 g/mol. The van der Waals surface area contributed by atoms with Gasteiger partial charge in [-0.1, -0.05) is 18.6 Å². The van der Waals surface area contributed by atoms with E-state index in [4.69, 9.17) is 0 Å². The molecule has 1 amide bonds. The first kappa shape index (κ1) is 12.6. The molecule has 0 aromatic carbocycles. The van der Waals surface area contributed by atoms with E-state index < -0.39 is 0 Å². The Bertz CT molecular complexity index is 316. The van der Waals surface area contributed by atoms with Crippen LogP contribution in [0, 0.1) is 5.41 Å². The second-order valence-electron chi connectivity index (χ2n) is 5.45. The third-order valence-corrected chi connectivity index (χ3v) is 4.31. The molecule has 2 aliphatic rings. The third-order valence-electron chi connectivity index (χ3n) is 4.31. The lowest BCUT2D eigenvalue weighted by Gasteiger charge is -2.40. The fraction of sp³-hybridized carbons (Fsp3) is 0.786. The molecule has 96 valence electrons. The Morgan fingerprint density at radius 1 is 1.47 bits per heavy atom. The molecule has 0 saturated carbocycles. The molecule has 0 spiro atoms. The lowest BCUT2D eigenvalue weighted by atomic mass is 9.75. The highest BCUT2D eigenvalue weighted by Crippen LogP contribution is 2.35. The smallest absolute Gasteiger partial charge is 0.229 e. The molecule has 0 atom stereocenters. The quantitative estimate of drug-likeness (QED) is 0.743. The van der Waals surface area contributed by atoms with E-state index in [9.17, 15) is 4.79 Å². The molecule has 3 nitrogen and oxygen atoms in total. The van der Waals surface area contributed by atoms with Crippen molar-refractivity contribution >= 4 is 5.91 Å². The Kier molecular flexibility index (Phi) is 3.87. The second kappa shape index (κ2) is 5.21. The molecule has 0 radical (unpaired) electrons. The van der Waals surface area contributed by atoms with Gasteiger partial charge in [0.15, 0.2) is 0 Å². The zero-order valence-corrected chi connectivity index (χ0v) is 11.1. The van der Waals surface area contributed by atoms with Crippen LogP contribution >= 0.6 is 0 Å². The number of hydrogen-bond acceptors (Lipinski definition) is 2. The number of amides is 1. The van der Waals surface area contributed by atoms with Crippen LogP contribution in [0.1, 0.15) is 39.5 Å². The van der Waals surface area contributed by atoms with Gasteiger partial charge < -0.3 is 10.2 Å². The fourth-order valence-corrected chi connectivity index (χ4v) is 3.04. The van der Waals surface area contributed by atoms with Crippen LogP contribution in [0.3, 0.4) is 0 Å². The number of carbonyl (C=O) groups excluding carboxylic acids is 1. The highest BCUT2D eigenvalue weighted by Gasteiger charge is 2.40. The monoisotopic (exact) mass is 236 g/mol. The molecule has 2 heterocycles. The Balaban J connectivity index is 2.09. The average molecular weight is 236 g/mol. The maximum Gasteiger partial charge on any atom is 0.229 e. The van der Waals surface area contributed by atoms with Crippen molar-refractivity contribution in [3.63, 3.8) is 0 Å². The van der Waals surface area contributed by atoms with Crippen molar-refractivity contribution in [3.8, 4) is 0 Å². The van der Waals surface area contributed by atoms with Crippen LogP contribution in [0.15, 0.2) is 11.6 Å². The summed E-state index contributed by atoms with van der Waals surface area (Å²) in [6.45, 7) is 8.01. The first-order valence-electron chi connectivity index (χ1n) is 6.84. The molecule has 1 saturated heterocycles. The van der Waals surface area contributed by atoms with E-state index in [1.165, 1.54) is 5.57 Å². The lowest BCUT2D eigenvalue weighted by Crippen LogP contribution is -2.50. The molecule has 1 fully saturated rings. The van der Waals surface area contributed by atoms with Gasteiger partial charge in [-0.05, 0) is 45.7 Å². The molecule has 0 bridgehead atoms. The number of carbonyl (C=O) groups is 1. The van der Waals surface area contributed by atoms with Crippen LogP contribution in [0.25, 0.3) is 0 Å². The van der Waals surface area contributed by atoms with Crippen molar-refractivity contribution in [3.05, 3.63) is 11.6 Å². The van der Waals surface area contributed by atoms with Gasteiger partial charge in [-0.2, -0.15) is 0 Å². The molecule has 1 N–H and O–H groups in total. The maximum atomic E-state index is 12.7. The minimum absolute atomic E-state index is 0.0805. The van der Waals surface area contributed by atoms with E-state index in [-0.39, 0.29) is 5.41 Å². The summed E-state index contributed by atoms with van der Waals surface area (Å²) in [5.74, 6) is 0.397. The Labute approximate surface area is 104 Å². The molecule has 17 heavy (non-hydrogen) atoms. The predicted molar refractivity (Wildman–Crippen MR) is 69.8 cm³/mol. The van der Waals surface area contributed by atoms with Crippen molar-refractivity contribution in [2.75, 3.05) is 26.2 Å². The number of piperidine rings is 1. The van der Waals surface area contributed by atoms with Gasteiger partial charge in [0, 0.05) is 13.1 Å². The normalized spacial score (nSPS) is 24.4. The number of nitrogens with one attached hydrogen (secondary N) is 1. The van der Waals surface area contributed by atoms with Crippen molar-refractivity contribution < 1.29 is 4.79 Å². The van der Waals surface area contributed by atoms with Gasteiger partial charge in [-0.25, -0.2) is 0 Å². The zero-order valence-electron chi connectivity index (χ0n) is 11.1. The molecule has 2 aliphatic heterocycles. The van der Waals surface area contributed by atoms with Crippen LogP contribution in [0.2, 0.25) is 0 Å². The van der Waals surface area contributed by atoms with E-state index in [0.29, 0.717) is 5.91 Å². The Morgan fingerprint density at radius 2 is 2.18 bits per heavy atom. The molecule has 2 rings (SSSR count). The number of rotatable bonds is 2. The van der Waals surface area contributed by atoms with Gasteiger partial charge in [0.1, 0.15) is 0 Å². The summed E-state index contributed by atoms with van der Waals surface area (Å²) in [4.78, 5) is 14.8. The van der Waals surface area contributed by atoms with Crippen molar-refractivity contribution in [1.82, 2.24) is 10.2 Å². The Hall–Kier alpha value is -0.830. The highest BCUT2D eigenvalue weighted by atomic mass is 16.2. The van der Waals surface area contributed by atoms with E-state index >= 15 is 0 Å². The van der Waals surface area contributed by atoms with Gasteiger partial charge in [-0.3, -0.25) is 4.79 Å². The zero-order chi connectivity index (χ0) is 12.3. The van der Waals surface area contributed by atoms with Crippen LogP contribution < -0.4 is 5.32 Å². The van der Waals surface area contributed by atoms with E-state index in [2.05, 4.69) is 30.1 Å². The predicted octanol–water partition coefficient (Wildman–Crippen LogP) is 1.94. The van der Waals surface area contributed by atoms with Gasteiger partial charge in [0.2, 0.25) is 5.91 Å². The number of hydrogen-bond donors (Lipinski definition) is 1. The average Bonchev–Trinajstić information content (AvgIpc) is 2.38. The SMILES string of the molecule is CCC1(C(=O)N2CCC=C(C)C2)CCNCC1. The standard InChI is InChI=1S/C14H24N2O/c1-3-14(6-8-15-9-7-14)13(17)16-10-4-5-12(2)11-16/h5,15H,3-4,6-11H2,1-2H3. The first-order chi connectivity index (χ1) is 8.18. The molecule has 3 heteroatoms. The summed E-state index contributed by atoms with van der Waals surface area (Å²) in [5.41, 5.74) is 1.26. The summed E-state index contributed by atoms with van der Waals surface area (Å²) in [7, 11) is 0. The van der Waals surface area contributed by atoms with Crippen LogP contribution in [-0.4, -0.2) is 37.0 Å². The molecule has 0 aromatic rings. The topological polar surface area (TPSA) is 32.3 Å². The minimum atomic E-state index is -0.0805. The summed E-state index contributed by atoms with van der Waals surface area (Å²) >= 11 is 0.